The zero-order chi connectivity index (χ0) is 12.0. The van der Waals surface area contributed by atoms with Crippen LogP contribution >= 0.6 is 0 Å². The fraction of sp³-hybridized carbons (Fsp3) is 1.00. The standard InChI is InChI=1S/C14H29NO/c1-4-13(12(2)3)15-10-14(11-16)8-6-5-7-9-14/h12-13,15-16H,4-11H2,1-3H3. The van der Waals surface area contributed by atoms with E-state index in [1.54, 1.807) is 0 Å². The summed E-state index contributed by atoms with van der Waals surface area (Å²) in [5.74, 6) is 0.685. The van der Waals surface area contributed by atoms with Gasteiger partial charge in [-0.1, -0.05) is 40.0 Å². The van der Waals surface area contributed by atoms with Crippen LogP contribution in [0, 0.1) is 11.3 Å². The summed E-state index contributed by atoms with van der Waals surface area (Å²) in [6.45, 7) is 8.14. The van der Waals surface area contributed by atoms with Crippen molar-refractivity contribution in [2.24, 2.45) is 11.3 Å². The average Bonchev–Trinajstić information content (AvgIpc) is 2.30. The molecule has 0 radical (unpaired) electrons. The van der Waals surface area contributed by atoms with Crippen LogP contribution in [0.3, 0.4) is 0 Å². The Labute approximate surface area is 101 Å². The molecule has 2 nitrogen and oxygen atoms in total. The van der Waals surface area contributed by atoms with Gasteiger partial charge in [0.1, 0.15) is 0 Å². The van der Waals surface area contributed by atoms with Crippen molar-refractivity contribution < 1.29 is 5.11 Å². The molecule has 1 unspecified atom stereocenters. The Morgan fingerprint density at radius 1 is 1.19 bits per heavy atom. The largest absolute Gasteiger partial charge is 0.396 e. The number of hydrogen-bond acceptors (Lipinski definition) is 2. The molecule has 96 valence electrons. The van der Waals surface area contributed by atoms with Crippen LogP contribution in [0.5, 0.6) is 0 Å². The average molecular weight is 227 g/mol. The Morgan fingerprint density at radius 3 is 2.25 bits per heavy atom. The van der Waals surface area contributed by atoms with Crippen molar-refractivity contribution in [3.05, 3.63) is 0 Å². The van der Waals surface area contributed by atoms with Gasteiger partial charge in [0.05, 0.1) is 0 Å². The van der Waals surface area contributed by atoms with E-state index in [1.165, 1.54) is 38.5 Å². The van der Waals surface area contributed by atoms with E-state index in [0.717, 1.165) is 6.54 Å². The first-order valence-corrected chi connectivity index (χ1v) is 6.98. The SMILES string of the molecule is CCC(NCC1(CO)CCCCC1)C(C)C. The van der Waals surface area contributed by atoms with Gasteiger partial charge in [-0.15, -0.1) is 0 Å². The third kappa shape index (κ3) is 3.74. The summed E-state index contributed by atoms with van der Waals surface area (Å²) < 4.78 is 0. The highest BCUT2D eigenvalue weighted by atomic mass is 16.3. The van der Waals surface area contributed by atoms with Gasteiger partial charge in [0.2, 0.25) is 0 Å². The predicted octanol–water partition coefficient (Wildman–Crippen LogP) is 2.95. The molecular formula is C14H29NO. The quantitative estimate of drug-likeness (QED) is 0.731. The fourth-order valence-corrected chi connectivity index (χ4v) is 2.89. The highest BCUT2D eigenvalue weighted by Crippen LogP contribution is 2.35. The van der Waals surface area contributed by atoms with E-state index in [4.69, 9.17) is 0 Å². The highest BCUT2D eigenvalue weighted by molar-refractivity contribution is 4.86. The summed E-state index contributed by atoms with van der Waals surface area (Å²) in [6, 6.07) is 0.602. The van der Waals surface area contributed by atoms with Gasteiger partial charge in [-0.05, 0) is 25.2 Å². The maximum absolute atomic E-state index is 9.63. The van der Waals surface area contributed by atoms with Crippen molar-refractivity contribution in [1.82, 2.24) is 5.32 Å². The van der Waals surface area contributed by atoms with Crippen molar-refractivity contribution in [3.63, 3.8) is 0 Å². The summed E-state index contributed by atoms with van der Waals surface area (Å²) in [4.78, 5) is 0. The van der Waals surface area contributed by atoms with Gasteiger partial charge in [-0.2, -0.15) is 0 Å². The molecule has 0 saturated heterocycles. The van der Waals surface area contributed by atoms with Gasteiger partial charge in [0.15, 0.2) is 0 Å². The van der Waals surface area contributed by atoms with E-state index in [1.807, 2.05) is 0 Å². The summed E-state index contributed by atoms with van der Waals surface area (Å²) in [7, 11) is 0. The van der Waals surface area contributed by atoms with E-state index in [0.29, 0.717) is 18.6 Å². The molecule has 0 heterocycles. The van der Waals surface area contributed by atoms with Gasteiger partial charge in [0.25, 0.3) is 0 Å². The third-order valence-electron chi connectivity index (χ3n) is 4.23. The first kappa shape index (κ1) is 14.0. The molecule has 0 aromatic carbocycles. The normalized spacial score (nSPS) is 22.3. The minimum atomic E-state index is 0.181. The molecular weight excluding hydrogens is 198 g/mol. The lowest BCUT2D eigenvalue weighted by Gasteiger charge is -2.37. The number of nitrogens with one attached hydrogen (secondary N) is 1. The first-order chi connectivity index (χ1) is 7.63. The van der Waals surface area contributed by atoms with Crippen LogP contribution in [-0.2, 0) is 0 Å². The fourth-order valence-electron chi connectivity index (χ4n) is 2.89. The van der Waals surface area contributed by atoms with E-state index < -0.39 is 0 Å². The van der Waals surface area contributed by atoms with Crippen molar-refractivity contribution in [2.45, 2.75) is 65.3 Å². The lowest BCUT2D eigenvalue weighted by Crippen LogP contribution is -2.44. The highest BCUT2D eigenvalue weighted by Gasteiger charge is 2.31. The Bertz CT molecular complexity index is 185. The van der Waals surface area contributed by atoms with E-state index >= 15 is 0 Å². The third-order valence-corrected chi connectivity index (χ3v) is 4.23. The van der Waals surface area contributed by atoms with Gasteiger partial charge >= 0.3 is 0 Å². The number of hydrogen-bond donors (Lipinski definition) is 2. The number of aliphatic hydroxyl groups is 1. The Hall–Kier alpha value is -0.0800. The minimum Gasteiger partial charge on any atom is -0.396 e. The van der Waals surface area contributed by atoms with E-state index in [2.05, 4.69) is 26.1 Å². The van der Waals surface area contributed by atoms with Gasteiger partial charge in [-0.25, -0.2) is 0 Å². The van der Waals surface area contributed by atoms with Crippen LogP contribution < -0.4 is 5.32 Å². The zero-order valence-electron chi connectivity index (χ0n) is 11.3. The molecule has 0 aliphatic heterocycles. The monoisotopic (exact) mass is 227 g/mol. The van der Waals surface area contributed by atoms with Crippen LogP contribution in [0.1, 0.15) is 59.3 Å². The molecule has 1 aliphatic rings. The maximum atomic E-state index is 9.63. The Balaban J connectivity index is 2.43. The molecule has 0 spiro atoms. The second-order valence-corrected chi connectivity index (χ2v) is 5.86. The van der Waals surface area contributed by atoms with Crippen molar-refractivity contribution >= 4 is 0 Å². The Morgan fingerprint density at radius 2 is 1.81 bits per heavy atom. The number of rotatable bonds is 6. The molecule has 1 aliphatic carbocycles. The molecule has 1 fully saturated rings. The van der Waals surface area contributed by atoms with Crippen LogP contribution in [0.2, 0.25) is 0 Å². The second kappa shape index (κ2) is 6.61. The lowest BCUT2D eigenvalue weighted by atomic mass is 9.74. The van der Waals surface area contributed by atoms with Crippen molar-refractivity contribution in [2.75, 3.05) is 13.2 Å². The molecule has 0 amide bonds. The topological polar surface area (TPSA) is 32.3 Å². The van der Waals surface area contributed by atoms with E-state index in [9.17, 15) is 5.11 Å². The molecule has 1 atom stereocenters. The van der Waals surface area contributed by atoms with Gasteiger partial charge < -0.3 is 10.4 Å². The molecule has 1 saturated carbocycles. The van der Waals surface area contributed by atoms with Crippen molar-refractivity contribution in [1.29, 1.82) is 0 Å². The smallest absolute Gasteiger partial charge is 0.0499 e. The zero-order valence-corrected chi connectivity index (χ0v) is 11.3. The summed E-state index contributed by atoms with van der Waals surface area (Å²) in [5, 5.41) is 13.3. The molecule has 1 rings (SSSR count). The van der Waals surface area contributed by atoms with Crippen LogP contribution in [0.15, 0.2) is 0 Å². The summed E-state index contributed by atoms with van der Waals surface area (Å²) >= 11 is 0. The number of aliphatic hydroxyl groups excluding tert-OH is 1. The maximum Gasteiger partial charge on any atom is 0.0499 e. The second-order valence-electron chi connectivity index (χ2n) is 5.86. The first-order valence-electron chi connectivity index (χ1n) is 6.98. The Kier molecular flexibility index (Phi) is 5.77. The molecule has 16 heavy (non-hydrogen) atoms. The summed E-state index contributed by atoms with van der Waals surface area (Å²) in [5.41, 5.74) is 0.181. The van der Waals surface area contributed by atoms with E-state index in [-0.39, 0.29) is 5.41 Å². The van der Waals surface area contributed by atoms with Crippen LogP contribution in [0.4, 0.5) is 0 Å². The predicted molar refractivity (Wildman–Crippen MR) is 69.5 cm³/mol. The lowest BCUT2D eigenvalue weighted by molar-refractivity contribution is 0.0761. The molecule has 0 aromatic rings. The van der Waals surface area contributed by atoms with Crippen molar-refractivity contribution in [3.8, 4) is 0 Å². The van der Waals surface area contributed by atoms with Gasteiger partial charge in [-0.3, -0.25) is 0 Å². The molecule has 0 aromatic heterocycles. The summed E-state index contributed by atoms with van der Waals surface area (Å²) in [6.07, 6.45) is 7.51. The van der Waals surface area contributed by atoms with Crippen LogP contribution in [-0.4, -0.2) is 24.3 Å². The van der Waals surface area contributed by atoms with Crippen LogP contribution in [0.25, 0.3) is 0 Å². The minimum absolute atomic E-state index is 0.181. The van der Waals surface area contributed by atoms with Gasteiger partial charge in [0, 0.05) is 24.6 Å². The molecule has 0 bridgehead atoms. The molecule has 2 heteroatoms. The molecule has 2 N–H and O–H groups in total.